The van der Waals surface area contributed by atoms with Gasteiger partial charge in [-0.1, -0.05) is 136 Å². The summed E-state index contributed by atoms with van der Waals surface area (Å²) in [5.74, 6) is -1.79. The minimum absolute atomic E-state index is 0.229. The molecule has 1 saturated carbocycles. The van der Waals surface area contributed by atoms with E-state index >= 15 is 0 Å². The Kier molecular flexibility index (Phi) is 28.4. The molecule has 0 aromatic carbocycles. The first-order chi connectivity index (χ1) is 22.2. The molecule has 46 heavy (non-hydrogen) atoms. The number of ether oxygens (including phenoxy) is 2. The number of esters is 2. The molecular formula is C39H69NO6. The molecule has 1 aliphatic carbocycles. The molecule has 0 radical (unpaired) electrons. The number of likely N-dealkylation sites (tertiary alicyclic amines) is 1. The van der Waals surface area contributed by atoms with Crippen LogP contribution in [0.3, 0.4) is 0 Å². The van der Waals surface area contributed by atoms with Gasteiger partial charge in [-0.15, -0.1) is 0 Å². The number of hydrogen-bond donors (Lipinski definition) is 1. The highest BCUT2D eigenvalue weighted by Gasteiger charge is 2.32. The Morgan fingerprint density at radius 3 is 1.72 bits per heavy atom. The third-order valence-corrected chi connectivity index (χ3v) is 8.50. The van der Waals surface area contributed by atoms with Crippen LogP contribution in [0, 0.1) is 0 Å². The number of rotatable bonds is 21. The van der Waals surface area contributed by atoms with E-state index in [0.717, 1.165) is 51.1 Å². The summed E-state index contributed by atoms with van der Waals surface area (Å²) in [5, 5.41) is 9.68. The summed E-state index contributed by atoms with van der Waals surface area (Å²) in [5.41, 5.74) is 0.492. The predicted octanol–water partition coefficient (Wildman–Crippen LogP) is 10.3. The second kappa shape index (κ2) is 30.0. The van der Waals surface area contributed by atoms with Crippen LogP contribution >= 0.6 is 0 Å². The number of carbonyl (C=O) groups excluding carboxylic acids is 3. The summed E-state index contributed by atoms with van der Waals surface area (Å²) < 4.78 is 9.91. The van der Waals surface area contributed by atoms with Gasteiger partial charge in [-0.05, 0) is 45.2 Å². The van der Waals surface area contributed by atoms with E-state index < -0.39 is 11.8 Å². The molecule has 7 heteroatoms. The Hall–Kier alpha value is -2.41. The molecule has 0 aromatic heterocycles. The fraction of sp³-hybridized carbons (Fsp3) is 0.769. The molecule has 0 unspecified atom stereocenters. The molecule has 1 aliphatic heterocycles. The lowest BCUT2D eigenvalue weighted by Crippen LogP contribution is -2.36. The average Bonchev–Trinajstić information content (AvgIpc) is 3.26. The molecule has 1 amide bonds. The largest absolute Gasteiger partial charge is 0.462 e. The van der Waals surface area contributed by atoms with Crippen molar-refractivity contribution < 1.29 is 29.0 Å². The Balaban J connectivity index is 0.000000754. The number of carbonyl (C=O) groups is 3. The molecule has 2 fully saturated rings. The maximum atomic E-state index is 11.2. The molecule has 0 atom stereocenters. The number of unbranched alkanes of at least 4 members (excludes halogenated alkanes) is 15. The summed E-state index contributed by atoms with van der Waals surface area (Å²) >= 11 is 0. The number of nitrogens with zero attached hydrogens (tertiary/aromatic N) is 1. The normalized spacial score (nSPS) is 15.6. The Bertz CT molecular complexity index is 832. The van der Waals surface area contributed by atoms with Crippen LogP contribution in [-0.2, 0) is 23.9 Å². The van der Waals surface area contributed by atoms with Crippen LogP contribution in [0.5, 0.6) is 0 Å². The number of amides is 1. The lowest BCUT2D eigenvalue weighted by molar-refractivity contribution is -0.215. The predicted molar refractivity (Wildman–Crippen MR) is 190 cm³/mol. The third-order valence-electron chi connectivity index (χ3n) is 8.50. The van der Waals surface area contributed by atoms with Crippen LogP contribution in [0.4, 0.5) is 0 Å². The zero-order valence-corrected chi connectivity index (χ0v) is 29.8. The smallest absolute Gasteiger partial charge is 0.333 e. The van der Waals surface area contributed by atoms with Gasteiger partial charge in [-0.3, -0.25) is 4.79 Å². The van der Waals surface area contributed by atoms with Gasteiger partial charge in [0.15, 0.2) is 0 Å². The van der Waals surface area contributed by atoms with Crippen LogP contribution in [0.1, 0.15) is 174 Å². The summed E-state index contributed by atoms with van der Waals surface area (Å²) in [7, 11) is 0. The van der Waals surface area contributed by atoms with Crippen molar-refractivity contribution in [2.45, 2.75) is 180 Å². The second-order valence-electron chi connectivity index (χ2n) is 12.9. The van der Waals surface area contributed by atoms with E-state index in [0.29, 0.717) is 31.4 Å². The molecule has 0 aromatic rings. The summed E-state index contributed by atoms with van der Waals surface area (Å²) in [4.78, 5) is 34.8. The first-order valence-corrected chi connectivity index (χ1v) is 18.5. The van der Waals surface area contributed by atoms with Gasteiger partial charge in [0.05, 0.1) is 6.61 Å². The highest BCUT2D eigenvalue weighted by atomic mass is 16.7. The van der Waals surface area contributed by atoms with Crippen molar-refractivity contribution in [3.05, 3.63) is 37.6 Å². The minimum atomic E-state index is -1.22. The fourth-order valence-electron chi connectivity index (χ4n) is 5.57. The van der Waals surface area contributed by atoms with E-state index in [1.165, 1.54) is 103 Å². The highest BCUT2D eigenvalue weighted by molar-refractivity contribution is 5.86. The average molecular weight is 648 g/mol. The van der Waals surface area contributed by atoms with Crippen molar-refractivity contribution >= 4 is 17.8 Å². The van der Waals surface area contributed by atoms with Gasteiger partial charge >= 0.3 is 11.9 Å². The van der Waals surface area contributed by atoms with Crippen LogP contribution in [0.2, 0.25) is 0 Å². The van der Waals surface area contributed by atoms with Crippen molar-refractivity contribution in [2.75, 3.05) is 13.2 Å². The minimum Gasteiger partial charge on any atom is -0.462 e. The van der Waals surface area contributed by atoms with Crippen LogP contribution in [0.15, 0.2) is 37.6 Å². The Morgan fingerprint density at radius 1 is 0.783 bits per heavy atom. The third kappa shape index (κ3) is 25.7. The van der Waals surface area contributed by atoms with Gasteiger partial charge in [-0.2, -0.15) is 0 Å². The molecule has 2 rings (SSSR count). The molecule has 0 bridgehead atoms. The molecule has 266 valence electrons. The van der Waals surface area contributed by atoms with Crippen molar-refractivity contribution in [1.29, 1.82) is 0 Å². The van der Waals surface area contributed by atoms with E-state index in [4.69, 9.17) is 9.47 Å². The van der Waals surface area contributed by atoms with Gasteiger partial charge in [0, 0.05) is 37.5 Å². The van der Waals surface area contributed by atoms with E-state index in [1.54, 1.807) is 18.0 Å². The van der Waals surface area contributed by atoms with Gasteiger partial charge in [0.2, 0.25) is 11.7 Å². The molecule has 1 heterocycles. The molecule has 7 nitrogen and oxygen atoms in total. The Labute approximate surface area is 282 Å². The first-order valence-electron chi connectivity index (χ1n) is 18.5. The lowest BCUT2D eigenvalue weighted by Gasteiger charge is -2.30. The molecular weight excluding hydrogens is 578 g/mol. The molecule has 1 saturated heterocycles. The van der Waals surface area contributed by atoms with Crippen molar-refractivity contribution in [3.8, 4) is 0 Å². The van der Waals surface area contributed by atoms with E-state index in [-0.39, 0.29) is 11.9 Å². The fourth-order valence-corrected chi connectivity index (χ4v) is 5.57. The lowest BCUT2D eigenvalue weighted by atomic mass is 9.94. The molecule has 0 spiro atoms. The number of hydrogen-bond acceptors (Lipinski definition) is 6. The summed E-state index contributed by atoms with van der Waals surface area (Å²) in [6.45, 7) is 15.8. The zero-order valence-electron chi connectivity index (χ0n) is 29.8. The van der Waals surface area contributed by atoms with E-state index in [1.807, 2.05) is 0 Å². The van der Waals surface area contributed by atoms with Gasteiger partial charge < -0.3 is 19.5 Å². The molecule has 2 aliphatic rings. The topological polar surface area (TPSA) is 93.1 Å². The van der Waals surface area contributed by atoms with E-state index in [9.17, 15) is 19.5 Å². The Morgan fingerprint density at radius 2 is 1.26 bits per heavy atom. The quantitative estimate of drug-likeness (QED) is 0.0577. The molecule has 1 N–H and O–H groups in total. The number of aliphatic hydroxyl groups is 1. The summed E-state index contributed by atoms with van der Waals surface area (Å²) in [6, 6.07) is 0. The van der Waals surface area contributed by atoms with Crippen molar-refractivity contribution in [3.63, 3.8) is 0 Å². The monoisotopic (exact) mass is 648 g/mol. The second-order valence-corrected chi connectivity index (χ2v) is 12.9. The van der Waals surface area contributed by atoms with Crippen LogP contribution < -0.4 is 0 Å². The van der Waals surface area contributed by atoms with Gasteiger partial charge in [0.25, 0.3) is 0 Å². The van der Waals surface area contributed by atoms with Gasteiger partial charge in [0.1, 0.15) is 0 Å². The van der Waals surface area contributed by atoms with Crippen molar-refractivity contribution in [1.82, 2.24) is 4.90 Å². The van der Waals surface area contributed by atoms with Crippen LogP contribution in [0.25, 0.3) is 0 Å². The summed E-state index contributed by atoms with van der Waals surface area (Å²) in [6.07, 6.45) is 32.5. The van der Waals surface area contributed by atoms with Crippen molar-refractivity contribution in [2.24, 2.45) is 0 Å². The van der Waals surface area contributed by atoms with E-state index in [2.05, 4.69) is 26.7 Å². The standard InChI is InChI=1S/C22H42O2.C9H14O3.C8H13NO/c1-4-5-6-7-8-9-10-11-12-13-14-15-16-17-18-19-20-24-22(23)21(2)3;1-2-8(10)12-9(11)6-4-3-5-7-9;1-2-9-7-5-3-4-6-8(9)10/h2,4-20H2,1,3H3;2,11H,1,3-7H2;2H,1,3-7H2. The SMILES string of the molecule is C=C(C)C(=O)OCCCCCCCCCCCCCCCCCC.C=CC(=O)OC1(O)CCCCC1.C=CN1CCCCCC1=O. The first kappa shape index (κ1) is 43.6. The highest BCUT2D eigenvalue weighted by Crippen LogP contribution is 2.29. The maximum absolute atomic E-state index is 11.2. The zero-order chi connectivity index (χ0) is 34.3. The maximum Gasteiger partial charge on any atom is 0.333 e. The van der Waals surface area contributed by atoms with Crippen LogP contribution in [-0.4, -0.2) is 46.8 Å². The van der Waals surface area contributed by atoms with Gasteiger partial charge in [-0.25, -0.2) is 9.59 Å².